The largest absolute Gasteiger partial charge is 0.491 e. The SMILES string of the molecule is COC(C)COc1cccc(C(C)N)c1. The second-order valence-corrected chi connectivity index (χ2v) is 3.72. The zero-order valence-electron chi connectivity index (χ0n) is 9.57. The van der Waals surface area contributed by atoms with Gasteiger partial charge in [0, 0.05) is 13.2 Å². The number of ether oxygens (including phenoxy) is 2. The summed E-state index contributed by atoms with van der Waals surface area (Å²) in [7, 11) is 1.67. The monoisotopic (exact) mass is 209 g/mol. The molecule has 1 aromatic rings. The van der Waals surface area contributed by atoms with Gasteiger partial charge in [-0.05, 0) is 31.5 Å². The molecule has 0 aliphatic rings. The minimum atomic E-state index is 0.0356. The molecule has 0 fully saturated rings. The van der Waals surface area contributed by atoms with Gasteiger partial charge in [-0.1, -0.05) is 12.1 Å². The Balaban J connectivity index is 2.58. The van der Waals surface area contributed by atoms with Gasteiger partial charge in [-0.3, -0.25) is 0 Å². The molecule has 15 heavy (non-hydrogen) atoms. The van der Waals surface area contributed by atoms with Crippen molar-refractivity contribution < 1.29 is 9.47 Å². The van der Waals surface area contributed by atoms with Crippen molar-refractivity contribution in [3.05, 3.63) is 29.8 Å². The number of benzene rings is 1. The van der Waals surface area contributed by atoms with Gasteiger partial charge in [0.15, 0.2) is 0 Å². The molecule has 0 amide bonds. The van der Waals surface area contributed by atoms with Crippen LogP contribution < -0.4 is 10.5 Å². The van der Waals surface area contributed by atoms with Crippen molar-refractivity contribution in [3.8, 4) is 5.75 Å². The lowest BCUT2D eigenvalue weighted by Gasteiger charge is -2.13. The third-order valence-electron chi connectivity index (χ3n) is 2.27. The van der Waals surface area contributed by atoms with Crippen LogP contribution in [0.4, 0.5) is 0 Å². The lowest BCUT2D eigenvalue weighted by Crippen LogP contribution is -2.16. The van der Waals surface area contributed by atoms with Crippen LogP contribution in [-0.4, -0.2) is 19.8 Å². The molecule has 3 nitrogen and oxygen atoms in total. The fraction of sp³-hybridized carbons (Fsp3) is 0.500. The molecule has 0 saturated carbocycles. The number of hydrogen-bond acceptors (Lipinski definition) is 3. The number of hydrogen-bond donors (Lipinski definition) is 1. The van der Waals surface area contributed by atoms with E-state index in [-0.39, 0.29) is 12.1 Å². The Bertz CT molecular complexity index is 299. The van der Waals surface area contributed by atoms with Crippen molar-refractivity contribution in [3.63, 3.8) is 0 Å². The molecule has 0 aliphatic carbocycles. The number of nitrogens with two attached hydrogens (primary N) is 1. The molecule has 0 bridgehead atoms. The van der Waals surface area contributed by atoms with Crippen molar-refractivity contribution in [1.29, 1.82) is 0 Å². The summed E-state index contributed by atoms with van der Waals surface area (Å²) in [5, 5.41) is 0. The fourth-order valence-electron chi connectivity index (χ4n) is 1.17. The molecule has 0 aromatic heterocycles. The van der Waals surface area contributed by atoms with Crippen LogP contribution in [0.5, 0.6) is 5.75 Å². The van der Waals surface area contributed by atoms with Crippen molar-refractivity contribution in [1.82, 2.24) is 0 Å². The van der Waals surface area contributed by atoms with Crippen LogP contribution >= 0.6 is 0 Å². The highest BCUT2D eigenvalue weighted by atomic mass is 16.5. The van der Waals surface area contributed by atoms with E-state index in [4.69, 9.17) is 15.2 Å². The smallest absolute Gasteiger partial charge is 0.119 e. The van der Waals surface area contributed by atoms with Gasteiger partial charge in [-0.2, -0.15) is 0 Å². The van der Waals surface area contributed by atoms with Gasteiger partial charge >= 0.3 is 0 Å². The lowest BCUT2D eigenvalue weighted by atomic mass is 10.1. The summed E-state index contributed by atoms with van der Waals surface area (Å²) in [6.07, 6.45) is 0.101. The zero-order valence-corrected chi connectivity index (χ0v) is 9.57. The van der Waals surface area contributed by atoms with E-state index in [0.717, 1.165) is 11.3 Å². The highest BCUT2D eigenvalue weighted by molar-refractivity contribution is 5.30. The predicted octanol–water partition coefficient (Wildman–Crippen LogP) is 2.12. The average Bonchev–Trinajstić information content (AvgIpc) is 2.26. The van der Waals surface area contributed by atoms with Gasteiger partial charge < -0.3 is 15.2 Å². The quantitative estimate of drug-likeness (QED) is 0.807. The topological polar surface area (TPSA) is 44.5 Å². The molecule has 0 spiro atoms. The molecule has 0 heterocycles. The third-order valence-corrected chi connectivity index (χ3v) is 2.27. The third kappa shape index (κ3) is 3.90. The van der Waals surface area contributed by atoms with Crippen LogP contribution in [0.1, 0.15) is 25.5 Å². The maximum Gasteiger partial charge on any atom is 0.119 e. The van der Waals surface area contributed by atoms with Crippen molar-refractivity contribution in [2.45, 2.75) is 26.0 Å². The van der Waals surface area contributed by atoms with Gasteiger partial charge in [-0.25, -0.2) is 0 Å². The fourth-order valence-corrected chi connectivity index (χ4v) is 1.17. The Kier molecular flexibility index (Phi) is 4.59. The number of methoxy groups -OCH3 is 1. The number of rotatable bonds is 5. The molecular weight excluding hydrogens is 190 g/mol. The molecule has 1 rings (SSSR count). The average molecular weight is 209 g/mol. The van der Waals surface area contributed by atoms with Gasteiger partial charge in [0.2, 0.25) is 0 Å². The van der Waals surface area contributed by atoms with Crippen LogP contribution in [0.15, 0.2) is 24.3 Å². The highest BCUT2D eigenvalue weighted by Crippen LogP contribution is 2.17. The first kappa shape index (κ1) is 12.0. The summed E-state index contributed by atoms with van der Waals surface area (Å²) < 4.78 is 10.7. The molecule has 0 radical (unpaired) electrons. The summed E-state index contributed by atoms with van der Waals surface area (Å²) in [4.78, 5) is 0. The van der Waals surface area contributed by atoms with Gasteiger partial charge in [0.1, 0.15) is 12.4 Å². The molecule has 2 N–H and O–H groups in total. The van der Waals surface area contributed by atoms with Gasteiger partial charge in [0.25, 0.3) is 0 Å². The van der Waals surface area contributed by atoms with Gasteiger partial charge in [-0.15, -0.1) is 0 Å². The maximum atomic E-state index is 5.78. The normalized spacial score (nSPS) is 14.7. The summed E-state index contributed by atoms with van der Waals surface area (Å²) in [6, 6.07) is 7.87. The van der Waals surface area contributed by atoms with Crippen molar-refractivity contribution in [2.24, 2.45) is 5.73 Å². The van der Waals surface area contributed by atoms with E-state index in [2.05, 4.69) is 0 Å². The molecule has 0 aliphatic heterocycles. The first-order valence-electron chi connectivity index (χ1n) is 5.14. The molecule has 0 saturated heterocycles. The summed E-state index contributed by atoms with van der Waals surface area (Å²) in [6.45, 7) is 4.48. The maximum absolute atomic E-state index is 5.78. The van der Waals surface area contributed by atoms with Crippen LogP contribution in [0.3, 0.4) is 0 Å². The lowest BCUT2D eigenvalue weighted by molar-refractivity contribution is 0.0716. The van der Waals surface area contributed by atoms with E-state index >= 15 is 0 Å². The highest BCUT2D eigenvalue weighted by Gasteiger charge is 2.03. The van der Waals surface area contributed by atoms with E-state index < -0.39 is 0 Å². The molecular formula is C12H19NO2. The van der Waals surface area contributed by atoms with Crippen LogP contribution in [-0.2, 0) is 4.74 Å². The first-order valence-corrected chi connectivity index (χ1v) is 5.14. The predicted molar refractivity (Wildman–Crippen MR) is 61.0 cm³/mol. The molecule has 1 aromatic carbocycles. The van der Waals surface area contributed by atoms with E-state index in [1.165, 1.54) is 0 Å². The minimum Gasteiger partial charge on any atom is -0.491 e. The Morgan fingerprint density at radius 1 is 1.33 bits per heavy atom. The van der Waals surface area contributed by atoms with Crippen LogP contribution in [0.25, 0.3) is 0 Å². The molecule has 2 unspecified atom stereocenters. The second-order valence-electron chi connectivity index (χ2n) is 3.72. The van der Waals surface area contributed by atoms with E-state index in [9.17, 15) is 0 Å². The Labute approximate surface area is 91.2 Å². The standard InChI is InChI=1S/C12H19NO2/c1-9(14-3)8-15-12-6-4-5-11(7-12)10(2)13/h4-7,9-10H,8,13H2,1-3H3. The second kappa shape index (κ2) is 5.73. The van der Waals surface area contributed by atoms with Crippen LogP contribution in [0, 0.1) is 0 Å². The molecule has 3 heteroatoms. The molecule has 2 atom stereocenters. The Morgan fingerprint density at radius 3 is 2.67 bits per heavy atom. The van der Waals surface area contributed by atoms with E-state index in [1.807, 2.05) is 38.1 Å². The van der Waals surface area contributed by atoms with Gasteiger partial charge in [0.05, 0.1) is 6.10 Å². The first-order chi connectivity index (χ1) is 7.13. The zero-order chi connectivity index (χ0) is 11.3. The Hall–Kier alpha value is -1.06. The summed E-state index contributed by atoms with van der Waals surface area (Å²) in [5.41, 5.74) is 6.87. The summed E-state index contributed by atoms with van der Waals surface area (Å²) in [5.74, 6) is 0.841. The van der Waals surface area contributed by atoms with E-state index in [1.54, 1.807) is 7.11 Å². The summed E-state index contributed by atoms with van der Waals surface area (Å²) >= 11 is 0. The Morgan fingerprint density at radius 2 is 2.07 bits per heavy atom. The minimum absolute atomic E-state index is 0.0356. The van der Waals surface area contributed by atoms with Crippen molar-refractivity contribution in [2.75, 3.05) is 13.7 Å². The van der Waals surface area contributed by atoms with Crippen LogP contribution in [0.2, 0.25) is 0 Å². The van der Waals surface area contributed by atoms with E-state index in [0.29, 0.717) is 6.61 Å². The molecule has 84 valence electrons. The van der Waals surface area contributed by atoms with Crippen molar-refractivity contribution >= 4 is 0 Å².